The van der Waals surface area contributed by atoms with Gasteiger partial charge in [0.25, 0.3) is 0 Å². The summed E-state index contributed by atoms with van der Waals surface area (Å²) in [5.74, 6) is 0.575. The van der Waals surface area contributed by atoms with E-state index in [4.69, 9.17) is 0 Å². The van der Waals surface area contributed by atoms with Crippen LogP contribution < -0.4 is 0 Å². The smallest absolute Gasteiger partial charge is 0.0210 e. The molecule has 0 amide bonds. The lowest BCUT2D eigenvalue weighted by atomic mass is 10.0. The van der Waals surface area contributed by atoms with Gasteiger partial charge in [-0.15, -0.1) is 0 Å². The monoisotopic (exact) mass is 276 g/mol. The molecular formula is C9H10Br2. The van der Waals surface area contributed by atoms with Crippen molar-refractivity contribution in [2.75, 3.05) is 5.33 Å². The van der Waals surface area contributed by atoms with Crippen molar-refractivity contribution in [3.63, 3.8) is 0 Å². The summed E-state index contributed by atoms with van der Waals surface area (Å²) >= 11 is 6.98. The molecule has 1 aromatic carbocycles. The van der Waals surface area contributed by atoms with Gasteiger partial charge < -0.3 is 0 Å². The van der Waals surface area contributed by atoms with Crippen LogP contribution in [-0.2, 0) is 0 Å². The zero-order valence-corrected chi connectivity index (χ0v) is 9.52. The molecule has 0 aliphatic carbocycles. The van der Waals surface area contributed by atoms with Gasteiger partial charge in [-0.1, -0.05) is 57.0 Å². The molecule has 60 valence electrons. The molecule has 0 heterocycles. The minimum absolute atomic E-state index is 0.575. The fraction of sp³-hybridized carbons (Fsp3) is 0.333. The van der Waals surface area contributed by atoms with Crippen LogP contribution in [-0.4, -0.2) is 5.33 Å². The molecular weight excluding hydrogens is 268 g/mol. The summed E-state index contributed by atoms with van der Waals surface area (Å²) in [7, 11) is 0. The second kappa shape index (κ2) is 4.27. The normalized spacial score (nSPS) is 13.0. The second-order valence-corrected chi connectivity index (χ2v) is 4.08. The highest BCUT2D eigenvalue weighted by Gasteiger charge is 2.05. The molecule has 0 bridgehead atoms. The first kappa shape index (κ1) is 9.27. The third-order valence-electron chi connectivity index (χ3n) is 1.67. The van der Waals surface area contributed by atoms with Crippen molar-refractivity contribution >= 4 is 31.9 Å². The Morgan fingerprint density at radius 1 is 1.36 bits per heavy atom. The molecule has 0 N–H and O–H groups in total. The number of benzene rings is 1. The van der Waals surface area contributed by atoms with Gasteiger partial charge in [-0.2, -0.15) is 0 Å². The third-order valence-corrected chi connectivity index (χ3v) is 3.36. The highest BCUT2D eigenvalue weighted by atomic mass is 79.9. The van der Waals surface area contributed by atoms with Crippen molar-refractivity contribution in [3.05, 3.63) is 34.3 Å². The van der Waals surface area contributed by atoms with E-state index < -0.39 is 0 Å². The maximum atomic E-state index is 3.52. The van der Waals surface area contributed by atoms with Crippen LogP contribution in [0.3, 0.4) is 0 Å². The summed E-state index contributed by atoms with van der Waals surface area (Å²) in [4.78, 5) is 0. The van der Waals surface area contributed by atoms with Gasteiger partial charge in [0.15, 0.2) is 0 Å². The SMILES string of the molecule is CC(CBr)c1ccccc1Br. The van der Waals surface area contributed by atoms with E-state index in [-0.39, 0.29) is 0 Å². The van der Waals surface area contributed by atoms with Gasteiger partial charge in [-0.3, -0.25) is 0 Å². The minimum Gasteiger partial charge on any atom is -0.0922 e. The van der Waals surface area contributed by atoms with E-state index in [9.17, 15) is 0 Å². The van der Waals surface area contributed by atoms with Crippen LogP contribution in [0.25, 0.3) is 0 Å². The Kier molecular flexibility index (Phi) is 3.60. The Bertz CT molecular complexity index is 233. The summed E-state index contributed by atoms with van der Waals surface area (Å²) in [6.45, 7) is 2.20. The number of hydrogen-bond acceptors (Lipinski definition) is 0. The quantitative estimate of drug-likeness (QED) is 0.718. The largest absolute Gasteiger partial charge is 0.0922 e. The van der Waals surface area contributed by atoms with Crippen LogP contribution in [0.4, 0.5) is 0 Å². The summed E-state index contributed by atoms with van der Waals surface area (Å²) < 4.78 is 1.20. The molecule has 1 rings (SSSR count). The standard InChI is InChI=1S/C9H10Br2/c1-7(6-10)8-4-2-3-5-9(8)11/h2-5,7H,6H2,1H3. The van der Waals surface area contributed by atoms with Gasteiger partial charge in [0.05, 0.1) is 0 Å². The third kappa shape index (κ3) is 2.31. The fourth-order valence-corrected chi connectivity index (χ4v) is 1.98. The number of rotatable bonds is 2. The Hall–Kier alpha value is 0.180. The highest BCUT2D eigenvalue weighted by molar-refractivity contribution is 9.10. The highest BCUT2D eigenvalue weighted by Crippen LogP contribution is 2.25. The molecule has 1 atom stereocenters. The molecule has 0 saturated carbocycles. The zero-order valence-electron chi connectivity index (χ0n) is 6.35. The molecule has 0 spiro atoms. The van der Waals surface area contributed by atoms with Gasteiger partial charge in [-0.05, 0) is 17.5 Å². The molecule has 11 heavy (non-hydrogen) atoms. The minimum atomic E-state index is 0.575. The van der Waals surface area contributed by atoms with E-state index in [0.717, 1.165) is 5.33 Å². The number of alkyl halides is 1. The van der Waals surface area contributed by atoms with Gasteiger partial charge in [0.2, 0.25) is 0 Å². The Balaban J connectivity index is 2.93. The predicted molar refractivity (Wildman–Crippen MR) is 56.4 cm³/mol. The molecule has 1 unspecified atom stereocenters. The Morgan fingerprint density at radius 2 is 2.00 bits per heavy atom. The zero-order chi connectivity index (χ0) is 8.27. The summed E-state index contributed by atoms with van der Waals surface area (Å²) in [6, 6.07) is 8.33. The van der Waals surface area contributed by atoms with Crippen LogP contribution in [0.1, 0.15) is 18.4 Å². The van der Waals surface area contributed by atoms with Gasteiger partial charge >= 0.3 is 0 Å². The van der Waals surface area contributed by atoms with Crippen LogP contribution >= 0.6 is 31.9 Å². The van der Waals surface area contributed by atoms with E-state index in [1.54, 1.807) is 0 Å². The molecule has 1 aromatic rings. The molecule has 0 aliphatic rings. The molecule has 2 heteroatoms. The molecule has 0 aliphatic heterocycles. The molecule has 0 saturated heterocycles. The lowest BCUT2D eigenvalue weighted by Gasteiger charge is -2.09. The second-order valence-electron chi connectivity index (χ2n) is 2.58. The van der Waals surface area contributed by atoms with Crippen molar-refractivity contribution < 1.29 is 0 Å². The average Bonchev–Trinajstić information content (AvgIpc) is 2.04. The van der Waals surface area contributed by atoms with E-state index in [1.807, 2.05) is 6.07 Å². The van der Waals surface area contributed by atoms with Crippen LogP contribution in [0, 0.1) is 0 Å². The lowest BCUT2D eigenvalue weighted by molar-refractivity contribution is 0.882. The summed E-state index contributed by atoms with van der Waals surface area (Å²) in [5, 5.41) is 1.01. The topological polar surface area (TPSA) is 0 Å². The first-order valence-corrected chi connectivity index (χ1v) is 5.47. The fourth-order valence-electron chi connectivity index (χ4n) is 0.958. The van der Waals surface area contributed by atoms with E-state index in [1.165, 1.54) is 10.0 Å². The van der Waals surface area contributed by atoms with E-state index in [0.29, 0.717) is 5.92 Å². The summed E-state index contributed by atoms with van der Waals surface area (Å²) in [5.41, 5.74) is 1.37. The Labute approximate surface area is 84.3 Å². The van der Waals surface area contributed by atoms with Crippen molar-refractivity contribution in [3.8, 4) is 0 Å². The summed E-state index contributed by atoms with van der Waals surface area (Å²) in [6.07, 6.45) is 0. The van der Waals surface area contributed by atoms with E-state index >= 15 is 0 Å². The molecule has 0 nitrogen and oxygen atoms in total. The lowest BCUT2D eigenvalue weighted by Crippen LogP contribution is -1.94. The van der Waals surface area contributed by atoms with Gasteiger partial charge in [0, 0.05) is 9.80 Å². The van der Waals surface area contributed by atoms with Crippen LogP contribution in [0.2, 0.25) is 0 Å². The van der Waals surface area contributed by atoms with Gasteiger partial charge in [-0.25, -0.2) is 0 Å². The number of halogens is 2. The Morgan fingerprint density at radius 3 is 2.55 bits per heavy atom. The average molecular weight is 278 g/mol. The first-order chi connectivity index (χ1) is 5.25. The van der Waals surface area contributed by atoms with Crippen LogP contribution in [0.5, 0.6) is 0 Å². The first-order valence-electron chi connectivity index (χ1n) is 3.56. The molecule has 0 fully saturated rings. The maximum absolute atomic E-state index is 3.52. The molecule has 0 radical (unpaired) electrons. The van der Waals surface area contributed by atoms with Crippen LogP contribution in [0.15, 0.2) is 28.7 Å². The van der Waals surface area contributed by atoms with Crippen molar-refractivity contribution in [1.29, 1.82) is 0 Å². The predicted octanol–water partition coefficient (Wildman–Crippen LogP) is 3.95. The van der Waals surface area contributed by atoms with Gasteiger partial charge in [0.1, 0.15) is 0 Å². The van der Waals surface area contributed by atoms with Crippen molar-refractivity contribution in [2.45, 2.75) is 12.8 Å². The molecule has 0 aromatic heterocycles. The number of hydrogen-bond donors (Lipinski definition) is 0. The van der Waals surface area contributed by atoms with Crippen molar-refractivity contribution in [2.24, 2.45) is 0 Å². The van der Waals surface area contributed by atoms with E-state index in [2.05, 4.69) is 57.0 Å². The van der Waals surface area contributed by atoms with Crippen molar-refractivity contribution in [1.82, 2.24) is 0 Å². The maximum Gasteiger partial charge on any atom is 0.0210 e.